The maximum atomic E-state index is 12.3. The van der Waals surface area contributed by atoms with Crippen molar-refractivity contribution in [3.63, 3.8) is 0 Å². The van der Waals surface area contributed by atoms with Gasteiger partial charge in [-0.05, 0) is 52.9 Å². The van der Waals surface area contributed by atoms with E-state index in [-0.39, 0.29) is 5.91 Å². The van der Waals surface area contributed by atoms with Crippen molar-refractivity contribution in [2.45, 2.75) is 13.3 Å². The molecule has 3 aromatic rings. The van der Waals surface area contributed by atoms with Gasteiger partial charge in [-0.3, -0.25) is 4.79 Å². The summed E-state index contributed by atoms with van der Waals surface area (Å²) in [4.78, 5) is 22.9. The second-order valence-corrected chi connectivity index (χ2v) is 7.95. The third kappa shape index (κ3) is 4.40. The molecule has 0 saturated heterocycles. The lowest BCUT2D eigenvalue weighted by Gasteiger charge is -2.02. The Labute approximate surface area is 156 Å². The number of pyridine rings is 1. The van der Waals surface area contributed by atoms with E-state index in [9.17, 15) is 4.79 Å². The Kier molecular flexibility index (Phi) is 5.60. The molecule has 2 N–H and O–H groups in total. The Bertz CT molecular complexity index is 815. The minimum atomic E-state index is -0.0848. The maximum Gasteiger partial charge on any atom is 0.263 e. The third-order valence-electron chi connectivity index (χ3n) is 3.20. The van der Waals surface area contributed by atoms with E-state index >= 15 is 0 Å². The second-order valence-electron chi connectivity index (χ2n) is 5.01. The van der Waals surface area contributed by atoms with Gasteiger partial charge >= 0.3 is 0 Å². The molecule has 0 aliphatic carbocycles. The van der Waals surface area contributed by atoms with E-state index < -0.39 is 0 Å². The highest BCUT2D eigenvalue weighted by molar-refractivity contribution is 9.10. The van der Waals surface area contributed by atoms with Crippen LogP contribution in [0.25, 0.3) is 0 Å². The molecule has 0 saturated carbocycles. The number of aromatic nitrogens is 2. The number of anilines is 2. The van der Waals surface area contributed by atoms with Crippen LogP contribution in [0.4, 0.5) is 10.9 Å². The van der Waals surface area contributed by atoms with Gasteiger partial charge in [0.2, 0.25) is 0 Å². The fourth-order valence-corrected chi connectivity index (χ4v) is 3.89. The van der Waals surface area contributed by atoms with Gasteiger partial charge in [0.15, 0.2) is 5.13 Å². The van der Waals surface area contributed by atoms with Gasteiger partial charge in [-0.1, -0.05) is 17.4 Å². The van der Waals surface area contributed by atoms with Crippen molar-refractivity contribution in [1.29, 1.82) is 0 Å². The van der Waals surface area contributed by atoms with Gasteiger partial charge in [-0.15, -0.1) is 11.3 Å². The molecule has 8 heteroatoms. The summed E-state index contributed by atoms with van der Waals surface area (Å²) in [7, 11) is 0. The van der Waals surface area contributed by atoms with Crippen LogP contribution in [0.1, 0.15) is 20.2 Å². The van der Waals surface area contributed by atoms with Crippen molar-refractivity contribution in [3.05, 3.63) is 55.8 Å². The Balaban J connectivity index is 1.60. The fraction of sp³-hybridized carbons (Fsp3) is 0.188. The molecule has 0 unspecified atom stereocenters. The van der Waals surface area contributed by atoms with Gasteiger partial charge in [0, 0.05) is 22.1 Å². The molecule has 3 heterocycles. The normalized spacial score (nSPS) is 10.6. The monoisotopic (exact) mass is 422 g/mol. The molecule has 0 atom stereocenters. The van der Waals surface area contributed by atoms with Crippen molar-refractivity contribution in [2.75, 3.05) is 11.9 Å². The molecule has 0 fully saturated rings. The Morgan fingerprint density at radius 2 is 2.21 bits per heavy atom. The average Bonchev–Trinajstić information content (AvgIpc) is 3.19. The summed E-state index contributed by atoms with van der Waals surface area (Å²) in [5.74, 6) is 0.606. The van der Waals surface area contributed by atoms with Crippen LogP contribution in [0.2, 0.25) is 0 Å². The summed E-state index contributed by atoms with van der Waals surface area (Å²) < 4.78 is 0.911. The zero-order chi connectivity index (χ0) is 16.9. The first-order valence-corrected chi connectivity index (χ1v) is 9.77. The highest BCUT2D eigenvalue weighted by Crippen LogP contribution is 2.25. The molecule has 0 radical (unpaired) electrons. The zero-order valence-corrected chi connectivity index (χ0v) is 16.1. The number of amides is 1. The molecule has 0 aliphatic heterocycles. The van der Waals surface area contributed by atoms with Crippen LogP contribution in [0.5, 0.6) is 0 Å². The molecule has 0 aliphatic rings. The highest BCUT2D eigenvalue weighted by atomic mass is 79.9. The van der Waals surface area contributed by atoms with Gasteiger partial charge in [0.25, 0.3) is 5.91 Å². The van der Waals surface area contributed by atoms with Gasteiger partial charge in [0.05, 0.1) is 5.69 Å². The molecule has 24 heavy (non-hydrogen) atoms. The molecule has 5 nitrogen and oxygen atoms in total. The van der Waals surface area contributed by atoms with E-state index in [0.29, 0.717) is 28.1 Å². The number of thiophene rings is 1. The van der Waals surface area contributed by atoms with Crippen LogP contribution in [0.15, 0.2) is 40.3 Å². The SMILES string of the molecule is Cc1nc(Nc2ccc(Br)cn2)sc1C(=O)NCCc1cccs1. The van der Waals surface area contributed by atoms with Gasteiger partial charge in [-0.2, -0.15) is 0 Å². The summed E-state index contributed by atoms with van der Waals surface area (Å²) >= 11 is 6.38. The minimum absolute atomic E-state index is 0.0848. The van der Waals surface area contributed by atoms with Crippen LogP contribution in [0.3, 0.4) is 0 Å². The lowest BCUT2D eigenvalue weighted by molar-refractivity contribution is 0.0957. The number of carbonyl (C=O) groups excluding carboxylic acids is 1. The Hall–Kier alpha value is -1.77. The number of thiazole rings is 1. The minimum Gasteiger partial charge on any atom is -0.351 e. The predicted octanol–water partition coefficient (Wildman–Crippen LogP) is 4.39. The quantitative estimate of drug-likeness (QED) is 0.617. The standard InChI is InChI=1S/C16H15BrN4OS2/c1-10-14(15(22)18-7-6-12-3-2-8-23-12)24-16(20-10)21-13-5-4-11(17)9-19-13/h2-5,8-9H,6-7H2,1H3,(H,18,22)(H,19,20,21). The summed E-state index contributed by atoms with van der Waals surface area (Å²) in [5.41, 5.74) is 0.716. The van der Waals surface area contributed by atoms with Gasteiger partial charge < -0.3 is 10.6 Å². The molecule has 0 bridgehead atoms. The van der Waals surface area contributed by atoms with Gasteiger partial charge in [0.1, 0.15) is 10.7 Å². The van der Waals surface area contributed by atoms with E-state index in [1.807, 2.05) is 30.5 Å². The molecule has 0 spiro atoms. The van der Waals surface area contributed by atoms with Crippen LogP contribution in [-0.2, 0) is 6.42 Å². The number of carbonyl (C=O) groups is 1. The van der Waals surface area contributed by atoms with E-state index in [0.717, 1.165) is 10.9 Å². The number of rotatable bonds is 6. The molecular weight excluding hydrogens is 408 g/mol. The van der Waals surface area contributed by atoms with Crippen molar-refractivity contribution in [1.82, 2.24) is 15.3 Å². The molecule has 124 valence electrons. The smallest absolute Gasteiger partial charge is 0.263 e. The van der Waals surface area contributed by atoms with Crippen molar-refractivity contribution >= 4 is 55.5 Å². The first kappa shape index (κ1) is 17.1. The molecule has 3 rings (SSSR count). The summed E-state index contributed by atoms with van der Waals surface area (Å²) in [5, 5.41) is 8.77. The number of hydrogen-bond acceptors (Lipinski definition) is 6. The van der Waals surface area contributed by atoms with Crippen molar-refractivity contribution < 1.29 is 4.79 Å². The number of nitrogens with one attached hydrogen (secondary N) is 2. The Morgan fingerprint density at radius 1 is 1.33 bits per heavy atom. The fourth-order valence-electron chi connectivity index (χ4n) is 2.05. The van der Waals surface area contributed by atoms with Crippen LogP contribution < -0.4 is 10.6 Å². The third-order valence-corrected chi connectivity index (χ3v) is 5.68. The molecule has 1 amide bonds. The first-order valence-electron chi connectivity index (χ1n) is 7.28. The average molecular weight is 423 g/mol. The summed E-state index contributed by atoms with van der Waals surface area (Å²) in [6.07, 6.45) is 2.55. The number of halogens is 1. The van der Waals surface area contributed by atoms with E-state index in [1.165, 1.54) is 16.2 Å². The van der Waals surface area contributed by atoms with Crippen LogP contribution in [-0.4, -0.2) is 22.4 Å². The largest absolute Gasteiger partial charge is 0.351 e. The maximum absolute atomic E-state index is 12.3. The number of hydrogen-bond donors (Lipinski definition) is 2. The molecular formula is C16H15BrN4OS2. The Morgan fingerprint density at radius 3 is 2.92 bits per heavy atom. The van der Waals surface area contributed by atoms with Crippen molar-refractivity contribution in [3.8, 4) is 0 Å². The second kappa shape index (κ2) is 7.87. The lowest BCUT2D eigenvalue weighted by atomic mass is 10.3. The van der Waals surface area contributed by atoms with E-state index in [2.05, 4.69) is 42.6 Å². The summed E-state index contributed by atoms with van der Waals surface area (Å²) in [6, 6.07) is 7.83. The summed E-state index contributed by atoms with van der Waals surface area (Å²) in [6.45, 7) is 2.46. The molecule has 0 aromatic carbocycles. The lowest BCUT2D eigenvalue weighted by Crippen LogP contribution is -2.25. The van der Waals surface area contributed by atoms with E-state index in [4.69, 9.17) is 0 Å². The van der Waals surface area contributed by atoms with Gasteiger partial charge in [-0.25, -0.2) is 9.97 Å². The van der Waals surface area contributed by atoms with E-state index in [1.54, 1.807) is 17.5 Å². The predicted molar refractivity (Wildman–Crippen MR) is 102 cm³/mol. The van der Waals surface area contributed by atoms with Crippen LogP contribution >= 0.6 is 38.6 Å². The van der Waals surface area contributed by atoms with Crippen LogP contribution in [0, 0.1) is 6.92 Å². The highest BCUT2D eigenvalue weighted by Gasteiger charge is 2.15. The first-order chi connectivity index (χ1) is 11.6. The molecule has 3 aromatic heterocycles. The number of aryl methyl sites for hydroxylation is 1. The zero-order valence-electron chi connectivity index (χ0n) is 12.9. The van der Waals surface area contributed by atoms with Crippen molar-refractivity contribution in [2.24, 2.45) is 0 Å². The topological polar surface area (TPSA) is 66.9 Å². The number of nitrogens with zero attached hydrogens (tertiary/aromatic N) is 2.